The van der Waals surface area contributed by atoms with E-state index in [0.29, 0.717) is 12.8 Å². The van der Waals surface area contributed by atoms with Crippen molar-refractivity contribution < 1.29 is 14.3 Å². The van der Waals surface area contributed by atoms with Gasteiger partial charge < -0.3 is 15.0 Å². The zero-order valence-electron chi connectivity index (χ0n) is 15.0. The highest BCUT2D eigenvalue weighted by molar-refractivity contribution is 7.81. The predicted octanol–water partition coefficient (Wildman–Crippen LogP) is 2.91. The summed E-state index contributed by atoms with van der Waals surface area (Å²) in [4.78, 5) is 28.0. The summed E-state index contributed by atoms with van der Waals surface area (Å²) in [7, 11) is 1.32. The molecule has 1 heterocycles. The first-order chi connectivity index (χ1) is 13.1. The van der Waals surface area contributed by atoms with Crippen LogP contribution in [0.3, 0.4) is 0 Å². The quantitative estimate of drug-likeness (QED) is 0.435. The molecule has 0 aliphatic rings. The molecule has 6 heteroatoms. The maximum absolute atomic E-state index is 12.6. The van der Waals surface area contributed by atoms with E-state index in [1.165, 1.54) is 7.11 Å². The van der Waals surface area contributed by atoms with Crippen LogP contribution >= 0.6 is 12.6 Å². The Balaban J connectivity index is 1.71. The Hall–Kier alpha value is -2.73. The fourth-order valence-electron chi connectivity index (χ4n) is 3.05. The molecule has 3 rings (SSSR count). The molecular weight excluding hydrogens is 360 g/mol. The number of carbonyl (C=O) groups is 2. The van der Waals surface area contributed by atoms with E-state index < -0.39 is 17.3 Å². The van der Waals surface area contributed by atoms with Crippen LogP contribution in [0.5, 0.6) is 0 Å². The second kappa shape index (κ2) is 8.77. The molecule has 0 saturated carbocycles. The van der Waals surface area contributed by atoms with Crippen molar-refractivity contribution in [2.45, 2.75) is 24.1 Å². The monoisotopic (exact) mass is 382 g/mol. The number of nitrogens with one attached hydrogen (secondary N) is 2. The third-order valence-electron chi connectivity index (χ3n) is 4.48. The molecule has 27 heavy (non-hydrogen) atoms. The molecule has 1 amide bonds. The molecule has 0 aliphatic carbocycles. The number of carbonyl (C=O) groups excluding carboxylic acids is 2. The van der Waals surface area contributed by atoms with Gasteiger partial charge in [-0.1, -0.05) is 48.5 Å². The van der Waals surface area contributed by atoms with Gasteiger partial charge >= 0.3 is 5.97 Å². The third-order valence-corrected chi connectivity index (χ3v) is 4.89. The SMILES string of the molecule is COC(=O)[C@H](Cc1c[nH]c2ccccc12)NC(=O)C(S)Cc1ccccc1. The fraction of sp³-hybridized carbons (Fsp3) is 0.238. The van der Waals surface area contributed by atoms with Gasteiger partial charge in [0.05, 0.1) is 12.4 Å². The third kappa shape index (κ3) is 4.71. The maximum atomic E-state index is 12.6. The molecule has 2 atom stereocenters. The first-order valence-corrected chi connectivity index (χ1v) is 9.25. The van der Waals surface area contributed by atoms with Crippen molar-refractivity contribution in [1.82, 2.24) is 10.3 Å². The molecule has 0 spiro atoms. The Bertz CT molecular complexity index is 923. The summed E-state index contributed by atoms with van der Waals surface area (Å²) in [5.74, 6) is -0.772. The van der Waals surface area contributed by atoms with Gasteiger partial charge in [0.1, 0.15) is 6.04 Å². The summed E-state index contributed by atoms with van der Waals surface area (Å²) in [6.07, 6.45) is 2.68. The van der Waals surface area contributed by atoms with Crippen LogP contribution < -0.4 is 5.32 Å². The zero-order chi connectivity index (χ0) is 19.2. The highest BCUT2D eigenvalue weighted by Crippen LogP contribution is 2.19. The molecule has 140 valence electrons. The normalized spacial score (nSPS) is 13.1. The van der Waals surface area contributed by atoms with E-state index in [2.05, 4.69) is 22.9 Å². The van der Waals surface area contributed by atoms with Gasteiger partial charge in [-0.05, 0) is 23.6 Å². The number of ether oxygens (including phenoxy) is 1. The number of thiol groups is 1. The predicted molar refractivity (Wildman–Crippen MR) is 109 cm³/mol. The molecule has 1 aromatic heterocycles. The van der Waals surface area contributed by atoms with Crippen LogP contribution in [0.2, 0.25) is 0 Å². The number of esters is 1. The number of benzene rings is 2. The lowest BCUT2D eigenvalue weighted by Gasteiger charge is -2.19. The maximum Gasteiger partial charge on any atom is 0.328 e. The molecule has 3 aromatic rings. The van der Waals surface area contributed by atoms with Crippen LogP contribution in [0.15, 0.2) is 60.8 Å². The van der Waals surface area contributed by atoms with Gasteiger partial charge in [0, 0.05) is 23.5 Å². The molecule has 0 saturated heterocycles. The minimum atomic E-state index is -0.771. The Morgan fingerprint density at radius 1 is 1.07 bits per heavy atom. The summed E-state index contributed by atoms with van der Waals surface area (Å²) in [6.45, 7) is 0. The average molecular weight is 382 g/mol. The van der Waals surface area contributed by atoms with Crippen molar-refractivity contribution in [1.29, 1.82) is 0 Å². The Labute approximate surface area is 163 Å². The molecule has 2 N–H and O–H groups in total. The highest BCUT2D eigenvalue weighted by Gasteiger charge is 2.26. The van der Waals surface area contributed by atoms with Crippen LogP contribution in [0.1, 0.15) is 11.1 Å². The molecule has 1 unspecified atom stereocenters. The number of fused-ring (bicyclic) bond motifs is 1. The molecule has 0 bridgehead atoms. The first-order valence-electron chi connectivity index (χ1n) is 8.73. The molecule has 0 radical (unpaired) electrons. The lowest BCUT2D eigenvalue weighted by atomic mass is 10.0. The number of para-hydroxylation sites is 1. The van der Waals surface area contributed by atoms with Crippen molar-refractivity contribution in [3.63, 3.8) is 0 Å². The summed E-state index contributed by atoms with van der Waals surface area (Å²) < 4.78 is 4.88. The minimum absolute atomic E-state index is 0.294. The van der Waals surface area contributed by atoms with E-state index in [1.54, 1.807) is 0 Å². The Morgan fingerprint density at radius 3 is 2.52 bits per heavy atom. The second-order valence-corrected chi connectivity index (χ2v) is 6.98. The number of rotatable bonds is 7. The van der Waals surface area contributed by atoms with E-state index in [9.17, 15) is 9.59 Å². The van der Waals surface area contributed by atoms with Crippen LogP contribution in [-0.4, -0.2) is 35.3 Å². The van der Waals surface area contributed by atoms with Gasteiger partial charge in [0.15, 0.2) is 0 Å². The molecule has 2 aromatic carbocycles. The van der Waals surface area contributed by atoms with E-state index in [1.807, 2.05) is 60.8 Å². The van der Waals surface area contributed by atoms with Gasteiger partial charge in [0.2, 0.25) is 5.91 Å². The lowest BCUT2D eigenvalue weighted by molar-refractivity contribution is -0.145. The van der Waals surface area contributed by atoms with Crippen LogP contribution in [-0.2, 0) is 27.2 Å². The first kappa shape index (κ1) is 19.0. The van der Waals surface area contributed by atoms with Gasteiger partial charge in [-0.2, -0.15) is 12.6 Å². The van der Waals surface area contributed by atoms with E-state index in [0.717, 1.165) is 22.0 Å². The number of H-pyrrole nitrogens is 1. The number of aromatic nitrogens is 1. The van der Waals surface area contributed by atoms with E-state index in [-0.39, 0.29) is 5.91 Å². The van der Waals surface area contributed by atoms with Crippen LogP contribution in [0.25, 0.3) is 10.9 Å². The van der Waals surface area contributed by atoms with Crippen molar-refractivity contribution in [3.05, 3.63) is 71.9 Å². The second-order valence-electron chi connectivity index (χ2n) is 6.35. The van der Waals surface area contributed by atoms with Crippen molar-refractivity contribution in [2.75, 3.05) is 7.11 Å². The fourth-order valence-corrected chi connectivity index (χ4v) is 3.34. The summed E-state index contributed by atoms with van der Waals surface area (Å²) in [6, 6.07) is 16.7. The van der Waals surface area contributed by atoms with Gasteiger partial charge in [-0.25, -0.2) is 4.79 Å². The van der Waals surface area contributed by atoms with Gasteiger partial charge in [-0.15, -0.1) is 0 Å². The smallest absolute Gasteiger partial charge is 0.328 e. The topological polar surface area (TPSA) is 71.2 Å². The van der Waals surface area contributed by atoms with Crippen molar-refractivity contribution in [3.8, 4) is 0 Å². The van der Waals surface area contributed by atoms with Gasteiger partial charge in [-0.3, -0.25) is 4.79 Å². The average Bonchev–Trinajstić information content (AvgIpc) is 3.10. The summed E-state index contributed by atoms with van der Waals surface area (Å²) in [5, 5.41) is 3.25. The molecule has 0 aliphatic heterocycles. The number of aromatic amines is 1. The lowest BCUT2D eigenvalue weighted by Crippen LogP contribution is -2.46. The molecular formula is C21H22N2O3S. The van der Waals surface area contributed by atoms with Gasteiger partial charge in [0.25, 0.3) is 0 Å². The number of methoxy groups -OCH3 is 1. The van der Waals surface area contributed by atoms with Crippen LogP contribution in [0.4, 0.5) is 0 Å². The number of hydrogen-bond acceptors (Lipinski definition) is 4. The molecule has 0 fully saturated rings. The number of amides is 1. The van der Waals surface area contributed by atoms with E-state index in [4.69, 9.17) is 4.74 Å². The highest BCUT2D eigenvalue weighted by atomic mass is 32.1. The molecule has 5 nitrogen and oxygen atoms in total. The van der Waals surface area contributed by atoms with Crippen LogP contribution in [0, 0.1) is 0 Å². The largest absolute Gasteiger partial charge is 0.467 e. The standard InChI is InChI=1S/C21H22N2O3S/c1-26-21(25)18(12-15-13-22-17-10-6-5-9-16(15)17)23-20(24)19(27)11-14-7-3-2-4-8-14/h2-10,13,18-19,22,27H,11-12H2,1H3,(H,23,24)/t18-,19?/m0/s1. The Morgan fingerprint density at radius 2 is 1.78 bits per heavy atom. The van der Waals surface area contributed by atoms with E-state index >= 15 is 0 Å². The summed E-state index contributed by atoms with van der Waals surface area (Å²) in [5.41, 5.74) is 2.94. The zero-order valence-corrected chi connectivity index (χ0v) is 15.9. The van der Waals surface area contributed by atoms with Crippen molar-refractivity contribution >= 4 is 35.4 Å². The van der Waals surface area contributed by atoms with Crippen molar-refractivity contribution in [2.24, 2.45) is 0 Å². The number of hydrogen-bond donors (Lipinski definition) is 3. The summed E-state index contributed by atoms with van der Waals surface area (Å²) >= 11 is 4.41. The Kier molecular flexibility index (Phi) is 6.19. The minimum Gasteiger partial charge on any atom is -0.467 e.